The largest absolute Gasteiger partial charge is 0.496 e. The van der Waals surface area contributed by atoms with E-state index in [9.17, 15) is 0 Å². The predicted molar refractivity (Wildman–Crippen MR) is 62.0 cm³/mol. The molecule has 2 nitrogen and oxygen atoms in total. The van der Waals surface area contributed by atoms with E-state index >= 15 is 0 Å². The van der Waals surface area contributed by atoms with E-state index in [1.54, 1.807) is 18.9 Å². The van der Waals surface area contributed by atoms with Crippen LogP contribution in [0.4, 0.5) is 0 Å². The molecule has 0 heterocycles. The Hall–Kier alpha value is -0.670. The average molecular weight is 211 g/mol. The second-order valence-electron chi connectivity index (χ2n) is 3.79. The first-order valence-corrected chi connectivity index (χ1v) is 5.73. The topological polar surface area (TPSA) is 35.2 Å². The highest BCUT2D eigenvalue weighted by atomic mass is 32.2. The van der Waals surface area contributed by atoms with E-state index in [0.717, 1.165) is 11.3 Å². The van der Waals surface area contributed by atoms with Gasteiger partial charge in [-0.05, 0) is 38.3 Å². The molecule has 1 aromatic carbocycles. The summed E-state index contributed by atoms with van der Waals surface area (Å²) in [5.41, 5.74) is 6.75. The second kappa shape index (κ2) is 4.24. The van der Waals surface area contributed by atoms with Crippen LogP contribution in [0.15, 0.2) is 23.1 Å². The Morgan fingerprint density at radius 2 is 2.00 bits per heavy atom. The third kappa shape index (κ3) is 2.42. The molecule has 0 aliphatic rings. The molecule has 0 aliphatic carbocycles. The Morgan fingerprint density at radius 3 is 2.43 bits per heavy atom. The SMILES string of the molecule is COc1ccc(SC)cc1C(C)(C)N. The quantitative estimate of drug-likeness (QED) is 0.781. The number of methoxy groups -OCH3 is 1. The molecule has 0 bridgehead atoms. The summed E-state index contributed by atoms with van der Waals surface area (Å²) in [4.78, 5) is 1.21. The van der Waals surface area contributed by atoms with Gasteiger partial charge in [0.25, 0.3) is 0 Å². The number of nitrogens with two attached hydrogens (primary N) is 1. The van der Waals surface area contributed by atoms with Crippen LogP contribution in [0.5, 0.6) is 5.75 Å². The maximum Gasteiger partial charge on any atom is 0.123 e. The van der Waals surface area contributed by atoms with Crippen molar-refractivity contribution in [1.82, 2.24) is 0 Å². The number of hydrogen-bond donors (Lipinski definition) is 1. The van der Waals surface area contributed by atoms with E-state index in [4.69, 9.17) is 10.5 Å². The normalized spacial score (nSPS) is 11.5. The Kier molecular flexibility index (Phi) is 3.45. The lowest BCUT2D eigenvalue weighted by Gasteiger charge is -2.22. The Labute approximate surface area is 89.8 Å². The highest BCUT2D eigenvalue weighted by molar-refractivity contribution is 7.98. The number of hydrogen-bond acceptors (Lipinski definition) is 3. The molecule has 0 unspecified atom stereocenters. The van der Waals surface area contributed by atoms with Crippen molar-refractivity contribution >= 4 is 11.8 Å². The lowest BCUT2D eigenvalue weighted by molar-refractivity contribution is 0.394. The zero-order valence-corrected chi connectivity index (χ0v) is 9.94. The molecule has 0 fully saturated rings. The van der Waals surface area contributed by atoms with E-state index in [1.165, 1.54) is 4.90 Å². The van der Waals surface area contributed by atoms with Gasteiger partial charge >= 0.3 is 0 Å². The van der Waals surface area contributed by atoms with E-state index in [1.807, 2.05) is 26.0 Å². The van der Waals surface area contributed by atoms with Crippen molar-refractivity contribution in [3.8, 4) is 5.75 Å². The van der Waals surface area contributed by atoms with Gasteiger partial charge in [0.05, 0.1) is 7.11 Å². The molecular weight excluding hydrogens is 194 g/mol. The van der Waals surface area contributed by atoms with Gasteiger partial charge in [0.2, 0.25) is 0 Å². The van der Waals surface area contributed by atoms with Gasteiger partial charge in [-0.25, -0.2) is 0 Å². The van der Waals surface area contributed by atoms with Crippen LogP contribution in [0.1, 0.15) is 19.4 Å². The molecule has 1 rings (SSSR count). The Balaban J connectivity index is 3.22. The summed E-state index contributed by atoms with van der Waals surface area (Å²) >= 11 is 1.71. The molecule has 0 aromatic heterocycles. The van der Waals surface area contributed by atoms with Crippen LogP contribution in [-0.2, 0) is 5.54 Å². The van der Waals surface area contributed by atoms with Crippen molar-refractivity contribution in [2.45, 2.75) is 24.3 Å². The van der Waals surface area contributed by atoms with Gasteiger partial charge in [-0.1, -0.05) is 0 Å². The van der Waals surface area contributed by atoms with Gasteiger partial charge in [0.15, 0.2) is 0 Å². The van der Waals surface area contributed by atoms with Gasteiger partial charge in [-0.2, -0.15) is 0 Å². The maximum absolute atomic E-state index is 6.07. The van der Waals surface area contributed by atoms with Crippen LogP contribution < -0.4 is 10.5 Å². The van der Waals surface area contributed by atoms with Crippen molar-refractivity contribution in [2.24, 2.45) is 5.73 Å². The summed E-state index contributed by atoms with van der Waals surface area (Å²) in [5, 5.41) is 0. The predicted octanol–water partition coefficient (Wildman–Crippen LogP) is 2.61. The van der Waals surface area contributed by atoms with E-state index in [0.29, 0.717) is 0 Å². The fourth-order valence-electron chi connectivity index (χ4n) is 1.32. The minimum Gasteiger partial charge on any atom is -0.496 e. The highest BCUT2D eigenvalue weighted by Crippen LogP contribution is 2.31. The van der Waals surface area contributed by atoms with Crippen LogP contribution in [0.3, 0.4) is 0 Å². The van der Waals surface area contributed by atoms with E-state index in [2.05, 4.69) is 12.3 Å². The summed E-state index contributed by atoms with van der Waals surface area (Å²) in [5.74, 6) is 0.857. The number of benzene rings is 1. The standard InChI is InChI=1S/C11H17NOS/c1-11(2,12)9-7-8(14-4)5-6-10(9)13-3/h5-7H,12H2,1-4H3. The lowest BCUT2D eigenvalue weighted by Crippen LogP contribution is -2.29. The summed E-state index contributed by atoms with van der Waals surface area (Å²) in [6.07, 6.45) is 2.05. The molecule has 0 saturated carbocycles. The average Bonchev–Trinajstić information content (AvgIpc) is 2.15. The minimum absolute atomic E-state index is 0.364. The fourth-order valence-corrected chi connectivity index (χ4v) is 1.76. The molecule has 0 spiro atoms. The van der Waals surface area contributed by atoms with E-state index in [-0.39, 0.29) is 5.54 Å². The third-order valence-corrected chi connectivity index (χ3v) is 2.83. The van der Waals surface area contributed by atoms with Crippen LogP contribution in [0, 0.1) is 0 Å². The number of thioether (sulfide) groups is 1. The highest BCUT2D eigenvalue weighted by Gasteiger charge is 2.19. The molecule has 3 heteroatoms. The monoisotopic (exact) mass is 211 g/mol. The van der Waals surface area contributed by atoms with E-state index < -0.39 is 0 Å². The molecule has 78 valence electrons. The van der Waals surface area contributed by atoms with Gasteiger partial charge < -0.3 is 10.5 Å². The summed E-state index contributed by atoms with van der Waals surface area (Å²) in [7, 11) is 1.67. The fraction of sp³-hybridized carbons (Fsp3) is 0.455. The lowest BCUT2D eigenvalue weighted by atomic mass is 9.95. The molecule has 0 aliphatic heterocycles. The first kappa shape index (κ1) is 11.4. The molecule has 0 atom stereocenters. The summed E-state index contributed by atoms with van der Waals surface area (Å²) < 4.78 is 5.28. The van der Waals surface area contributed by atoms with Crippen molar-refractivity contribution in [3.05, 3.63) is 23.8 Å². The number of ether oxygens (including phenoxy) is 1. The van der Waals surface area contributed by atoms with Crippen LogP contribution in [-0.4, -0.2) is 13.4 Å². The molecule has 2 N–H and O–H groups in total. The zero-order valence-electron chi connectivity index (χ0n) is 9.13. The van der Waals surface area contributed by atoms with Crippen molar-refractivity contribution in [1.29, 1.82) is 0 Å². The van der Waals surface area contributed by atoms with Gasteiger partial charge in [0, 0.05) is 16.0 Å². The summed E-state index contributed by atoms with van der Waals surface area (Å²) in [6, 6.07) is 6.10. The smallest absolute Gasteiger partial charge is 0.123 e. The molecule has 0 radical (unpaired) electrons. The van der Waals surface area contributed by atoms with Gasteiger partial charge in [0.1, 0.15) is 5.75 Å². The van der Waals surface area contributed by atoms with Gasteiger partial charge in [-0.3, -0.25) is 0 Å². The van der Waals surface area contributed by atoms with Crippen LogP contribution in [0.2, 0.25) is 0 Å². The van der Waals surface area contributed by atoms with Crippen LogP contribution >= 0.6 is 11.8 Å². The summed E-state index contributed by atoms with van der Waals surface area (Å²) in [6.45, 7) is 3.96. The van der Waals surface area contributed by atoms with Crippen molar-refractivity contribution < 1.29 is 4.74 Å². The number of rotatable bonds is 3. The molecule has 0 amide bonds. The second-order valence-corrected chi connectivity index (χ2v) is 4.67. The molecule has 0 saturated heterocycles. The third-order valence-electron chi connectivity index (χ3n) is 2.10. The van der Waals surface area contributed by atoms with Gasteiger partial charge in [-0.15, -0.1) is 11.8 Å². The van der Waals surface area contributed by atoms with Crippen LogP contribution in [0.25, 0.3) is 0 Å². The first-order valence-electron chi connectivity index (χ1n) is 4.50. The first-order chi connectivity index (χ1) is 6.49. The van der Waals surface area contributed by atoms with Crippen molar-refractivity contribution in [2.75, 3.05) is 13.4 Å². The molecule has 14 heavy (non-hydrogen) atoms. The minimum atomic E-state index is -0.364. The molecule has 1 aromatic rings. The molecular formula is C11H17NOS. The maximum atomic E-state index is 6.07. The van der Waals surface area contributed by atoms with Crippen molar-refractivity contribution in [3.63, 3.8) is 0 Å². The Morgan fingerprint density at radius 1 is 1.36 bits per heavy atom. The Bertz CT molecular complexity index is 318. The zero-order chi connectivity index (χ0) is 10.8.